The van der Waals surface area contributed by atoms with Crippen LogP contribution in [-0.2, 0) is 19.6 Å². The molecule has 8 heteroatoms. The van der Waals surface area contributed by atoms with Crippen LogP contribution in [0.25, 0.3) is 22.0 Å². The Hall–Kier alpha value is -2.19. The van der Waals surface area contributed by atoms with Crippen LogP contribution in [0.1, 0.15) is 31.4 Å². The highest BCUT2D eigenvalue weighted by Crippen LogP contribution is 2.46. The third-order valence-electron chi connectivity index (χ3n) is 5.32. The number of H-pyrrole nitrogens is 1. The minimum atomic E-state index is -3.31. The molecule has 1 aromatic heterocycles. The molecular weight excluding hydrogens is 394 g/mol. The fourth-order valence-corrected chi connectivity index (χ4v) is 5.78. The van der Waals surface area contributed by atoms with E-state index in [1.165, 1.54) is 6.26 Å². The van der Waals surface area contributed by atoms with Crippen molar-refractivity contribution in [3.8, 4) is 11.1 Å². The first-order valence-corrected chi connectivity index (χ1v) is 12.9. The lowest BCUT2D eigenvalue weighted by Gasteiger charge is -2.15. The van der Waals surface area contributed by atoms with Crippen LogP contribution in [0.15, 0.2) is 44.5 Å². The summed E-state index contributed by atoms with van der Waals surface area (Å²) in [6, 6.07) is 8.97. The third kappa shape index (κ3) is 3.14. The van der Waals surface area contributed by atoms with Gasteiger partial charge in [0.15, 0.2) is 9.84 Å². The zero-order valence-corrected chi connectivity index (χ0v) is 17.9. The second-order valence-corrected chi connectivity index (χ2v) is 11.9. The molecule has 0 bridgehead atoms. The first-order valence-electron chi connectivity index (χ1n) is 9.06. The molecule has 2 aromatic carbocycles. The summed E-state index contributed by atoms with van der Waals surface area (Å²) in [7, 11) is -4.36. The van der Waals surface area contributed by atoms with Crippen molar-refractivity contribution in [2.24, 2.45) is 4.36 Å². The Morgan fingerprint density at radius 1 is 1.11 bits per heavy atom. The van der Waals surface area contributed by atoms with Crippen molar-refractivity contribution >= 4 is 30.5 Å². The molecule has 1 aliphatic rings. The number of hydrogen-bond acceptors (Lipinski definition) is 5. The summed E-state index contributed by atoms with van der Waals surface area (Å²) >= 11 is 0. The van der Waals surface area contributed by atoms with Gasteiger partial charge in [0.05, 0.1) is 25.0 Å². The van der Waals surface area contributed by atoms with Crippen molar-refractivity contribution in [1.82, 2.24) is 10.2 Å². The van der Waals surface area contributed by atoms with Gasteiger partial charge in [0, 0.05) is 43.5 Å². The van der Waals surface area contributed by atoms with Gasteiger partial charge in [-0.15, -0.1) is 0 Å². The zero-order chi connectivity index (χ0) is 20.3. The van der Waals surface area contributed by atoms with Crippen molar-refractivity contribution in [1.29, 1.82) is 0 Å². The number of aromatic amines is 1. The van der Waals surface area contributed by atoms with Crippen LogP contribution in [0.2, 0.25) is 0 Å². The van der Waals surface area contributed by atoms with Crippen molar-refractivity contribution in [3.63, 3.8) is 0 Å². The molecular formula is C20H25N3O3S2. The van der Waals surface area contributed by atoms with E-state index in [1.807, 2.05) is 18.2 Å². The number of aromatic nitrogens is 2. The van der Waals surface area contributed by atoms with Gasteiger partial charge < -0.3 is 0 Å². The second kappa shape index (κ2) is 6.42. The standard InChI is InChI=1S/C20H23N3O3S2.H2/c1-12-11-14(7-9-16(12)28(4,25)26)18-17(27(3,24)21-2)10-8-15-19(18)20(23-22-15)13-5-6-13;/h7-11,13H,5-6H2,1-4H3,(H,22,23);1H. The molecule has 150 valence electrons. The van der Waals surface area contributed by atoms with E-state index in [4.69, 9.17) is 0 Å². The largest absolute Gasteiger partial charge is 0.281 e. The van der Waals surface area contributed by atoms with Gasteiger partial charge in [-0.05, 0) is 49.1 Å². The lowest BCUT2D eigenvalue weighted by molar-refractivity contribution is 0.601. The Morgan fingerprint density at radius 3 is 2.36 bits per heavy atom. The quantitative estimate of drug-likeness (QED) is 0.687. The molecule has 1 fully saturated rings. The minimum absolute atomic E-state index is 0. The average molecular weight is 420 g/mol. The number of hydrogen-bond donors (Lipinski definition) is 1. The van der Waals surface area contributed by atoms with Gasteiger partial charge in [-0.25, -0.2) is 17.0 Å². The molecule has 0 aliphatic heterocycles. The lowest BCUT2D eigenvalue weighted by Crippen LogP contribution is -2.03. The molecule has 1 N–H and O–H groups in total. The third-order valence-corrected chi connectivity index (χ3v) is 8.43. The fraction of sp³-hybridized carbons (Fsp3) is 0.350. The number of rotatable bonds is 4. The molecule has 3 aromatic rings. The van der Waals surface area contributed by atoms with Crippen LogP contribution in [0.5, 0.6) is 0 Å². The Kier molecular flexibility index (Phi) is 4.39. The van der Waals surface area contributed by atoms with E-state index in [1.54, 1.807) is 32.4 Å². The van der Waals surface area contributed by atoms with Crippen LogP contribution in [0, 0.1) is 6.92 Å². The molecule has 1 saturated carbocycles. The Morgan fingerprint density at radius 2 is 1.79 bits per heavy atom. The first-order chi connectivity index (χ1) is 13.1. The van der Waals surface area contributed by atoms with E-state index in [9.17, 15) is 12.6 Å². The van der Waals surface area contributed by atoms with Crippen molar-refractivity contribution in [2.45, 2.75) is 35.5 Å². The van der Waals surface area contributed by atoms with Gasteiger partial charge in [-0.1, -0.05) is 12.1 Å². The van der Waals surface area contributed by atoms with E-state index in [-0.39, 0.29) is 1.43 Å². The van der Waals surface area contributed by atoms with Gasteiger partial charge in [0.2, 0.25) is 0 Å². The predicted octanol–water partition coefficient (Wildman–Crippen LogP) is 4.15. The molecule has 0 amide bonds. The number of benzene rings is 2. The summed E-state index contributed by atoms with van der Waals surface area (Å²) in [6.45, 7) is 1.78. The van der Waals surface area contributed by atoms with Gasteiger partial charge in [0.25, 0.3) is 0 Å². The SMILES string of the molecule is CN=S(C)(=O)c1ccc2n[nH]c(C3CC3)c2c1-c1ccc(S(C)(=O)=O)c(C)c1.[HH]. The summed E-state index contributed by atoms with van der Waals surface area (Å²) in [5.41, 5.74) is 4.19. The molecule has 28 heavy (non-hydrogen) atoms. The Balaban J connectivity index is 0.00000240. The zero-order valence-electron chi connectivity index (χ0n) is 16.3. The first kappa shape index (κ1) is 19.1. The minimum Gasteiger partial charge on any atom is -0.281 e. The smallest absolute Gasteiger partial charge is 0.175 e. The topological polar surface area (TPSA) is 92.2 Å². The highest BCUT2D eigenvalue weighted by molar-refractivity contribution is 7.93. The molecule has 0 spiro atoms. The summed E-state index contributed by atoms with van der Waals surface area (Å²) in [5.74, 6) is 0.432. The molecule has 0 saturated heterocycles. The molecule has 0 radical (unpaired) electrons. The molecule has 1 heterocycles. The Bertz CT molecular complexity index is 1330. The summed E-state index contributed by atoms with van der Waals surface area (Å²) in [6.07, 6.45) is 5.04. The second-order valence-electron chi connectivity index (χ2n) is 7.48. The highest BCUT2D eigenvalue weighted by atomic mass is 32.2. The van der Waals surface area contributed by atoms with Gasteiger partial charge in [0.1, 0.15) is 0 Å². The summed E-state index contributed by atoms with van der Waals surface area (Å²) in [5, 5.41) is 8.58. The monoisotopic (exact) mass is 419 g/mol. The highest BCUT2D eigenvalue weighted by Gasteiger charge is 2.30. The van der Waals surface area contributed by atoms with Crippen LogP contribution in [-0.4, -0.2) is 42.4 Å². The normalized spacial score (nSPS) is 16.9. The fourth-order valence-electron chi connectivity index (χ4n) is 3.70. The molecule has 1 atom stereocenters. The van der Waals surface area contributed by atoms with Gasteiger partial charge >= 0.3 is 0 Å². The van der Waals surface area contributed by atoms with Crippen molar-refractivity contribution in [3.05, 3.63) is 41.6 Å². The number of sulfone groups is 1. The number of fused-ring (bicyclic) bond motifs is 1. The number of nitrogens with zero attached hydrogens (tertiary/aromatic N) is 2. The van der Waals surface area contributed by atoms with E-state index < -0.39 is 19.6 Å². The van der Waals surface area contributed by atoms with E-state index in [2.05, 4.69) is 14.6 Å². The van der Waals surface area contributed by atoms with Crippen LogP contribution >= 0.6 is 0 Å². The predicted molar refractivity (Wildman–Crippen MR) is 114 cm³/mol. The molecule has 1 unspecified atom stereocenters. The van der Waals surface area contributed by atoms with E-state index in [0.29, 0.717) is 21.3 Å². The van der Waals surface area contributed by atoms with Crippen LogP contribution in [0.4, 0.5) is 0 Å². The number of nitrogens with one attached hydrogen (secondary N) is 1. The van der Waals surface area contributed by atoms with Gasteiger partial charge in [-0.2, -0.15) is 5.10 Å². The van der Waals surface area contributed by atoms with Crippen LogP contribution < -0.4 is 0 Å². The molecule has 4 rings (SSSR count). The van der Waals surface area contributed by atoms with Crippen LogP contribution in [0.3, 0.4) is 0 Å². The molecule has 6 nitrogen and oxygen atoms in total. The van der Waals surface area contributed by atoms with E-state index >= 15 is 0 Å². The maximum absolute atomic E-state index is 13.2. The maximum atomic E-state index is 13.2. The summed E-state index contributed by atoms with van der Waals surface area (Å²) in [4.78, 5) is 0.953. The summed E-state index contributed by atoms with van der Waals surface area (Å²) < 4.78 is 41.4. The van der Waals surface area contributed by atoms with Crippen molar-refractivity contribution in [2.75, 3.05) is 19.6 Å². The lowest BCUT2D eigenvalue weighted by atomic mass is 9.97. The maximum Gasteiger partial charge on any atom is 0.175 e. The molecule has 1 aliphatic carbocycles. The van der Waals surface area contributed by atoms with Crippen molar-refractivity contribution < 1.29 is 14.1 Å². The average Bonchev–Trinajstić information content (AvgIpc) is 3.38. The Labute approximate surface area is 167 Å². The number of aryl methyl sites for hydroxylation is 1. The van der Waals surface area contributed by atoms with E-state index in [0.717, 1.165) is 40.6 Å². The van der Waals surface area contributed by atoms with Gasteiger partial charge in [-0.3, -0.25) is 5.10 Å².